The zero-order chi connectivity index (χ0) is 10.4. The van der Waals surface area contributed by atoms with Gasteiger partial charge in [0.25, 0.3) is 0 Å². The van der Waals surface area contributed by atoms with Crippen molar-refractivity contribution in [1.82, 2.24) is 0 Å². The maximum Gasteiger partial charge on any atom is 0.0368 e. The number of hydrogen-bond acceptors (Lipinski definition) is 1. The number of aryl methyl sites for hydroxylation is 1. The molecule has 0 amide bonds. The Morgan fingerprint density at radius 1 is 1.21 bits per heavy atom. The number of unbranched alkanes of at least 4 members (excludes halogenated alkanes) is 1. The lowest BCUT2D eigenvalue weighted by Crippen LogP contribution is -2.23. The van der Waals surface area contributed by atoms with Crippen LogP contribution in [0.25, 0.3) is 0 Å². The number of rotatable bonds is 5. The minimum absolute atomic E-state index is 1.10. The molecular formula is C13H21N. The molecule has 0 N–H and O–H groups in total. The highest BCUT2D eigenvalue weighted by Crippen LogP contribution is 2.15. The van der Waals surface area contributed by atoms with E-state index in [4.69, 9.17) is 0 Å². The number of anilines is 1. The Hall–Kier alpha value is -0.980. The lowest BCUT2D eigenvalue weighted by Gasteiger charge is -2.23. The molecule has 1 aromatic carbocycles. The average molecular weight is 191 g/mol. The van der Waals surface area contributed by atoms with Gasteiger partial charge in [0.1, 0.15) is 0 Å². The predicted octanol–water partition coefficient (Wildman–Crippen LogP) is 3.62. The molecule has 78 valence electrons. The molecule has 1 rings (SSSR count). The summed E-state index contributed by atoms with van der Waals surface area (Å²) in [7, 11) is 0. The van der Waals surface area contributed by atoms with Gasteiger partial charge in [0.05, 0.1) is 0 Å². The van der Waals surface area contributed by atoms with Crippen LogP contribution in [0.5, 0.6) is 0 Å². The molecule has 0 atom stereocenters. The highest BCUT2D eigenvalue weighted by Gasteiger charge is 2.02. The van der Waals surface area contributed by atoms with Crippen molar-refractivity contribution in [1.29, 1.82) is 0 Å². The quantitative estimate of drug-likeness (QED) is 0.687. The largest absolute Gasteiger partial charge is 0.372 e. The Morgan fingerprint density at radius 2 is 2.00 bits per heavy atom. The van der Waals surface area contributed by atoms with Crippen molar-refractivity contribution in [3.63, 3.8) is 0 Å². The van der Waals surface area contributed by atoms with Crippen molar-refractivity contribution in [3.8, 4) is 0 Å². The standard InChI is InChI=1S/C13H21N/c1-4-6-10-14(5-2)13-9-7-8-12(3)11-13/h7-9,11H,4-6,10H2,1-3H3. The molecule has 14 heavy (non-hydrogen) atoms. The van der Waals surface area contributed by atoms with Crippen LogP contribution in [0.3, 0.4) is 0 Å². The van der Waals surface area contributed by atoms with Crippen molar-refractivity contribution in [2.75, 3.05) is 18.0 Å². The van der Waals surface area contributed by atoms with Crippen LogP contribution < -0.4 is 4.90 Å². The zero-order valence-electron chi connectivity index (χ0n) is 9.59. The van der Waals surface area contributed by atoms with Crippen LogP contribution in [0.2, 0.25) is 0 Å². The van der Waals surface area contributed by atoms with Crippen LogP contribution in [0.15, 0.2) is 24.3 Å². The summed E-state index contributed by atoms with van der Waals surface area (Å²) in [5, 5.41) is 0. The fourth-order valence-electron chi connectivity index (χ4n) is 1.64. The molecule has 1 aromatic rings. The molecule has 0 heterocycles. The lowest BCUT2D eigenvalue weighted by atomic mass is 10.2. The summed E-state index contributed by atoms with van der Waals surface area (Å²) in [6, 6.07) is 8.75. The first-order valence-electron chi connectivity index (χ1n) is 5.59. The molecule has 0 spiro atoms. The van der Waals surface area contributed by atoms with E-state index in [-0.39, 0.29) is 0 Å². The van der Waals surface area contributed by atoms with E-state index in [0.29, 0.717) is 0 Å². The van der Waals surface area contributed by atoms with E-state index in [2.05, 4.69) is 49.9 Å². The second-order valence-electron chi connectivity index (χ2n) is 3.77. The topological polar surface area (TPSA) is 3.24 Å². The maximum absolute atomic E-state index is 2.44. The average Bonchev–Trinajstić information content (AvgIpc) is 2.19. The zero-order valence-corrected chi connectivity index (χ0v) is 9.59. The van der Waals surface area contributed by atoms with E-state index in [0.717, 1.165) is 6.54 Å². The summed E-state index contributed by atoms with van der Waals surface area (Å²) in [5.74, 6) is 0. The van der Waals surface area contributed by atoms with Gasteiger partial charge in [-0.2, -0.15) is 0 Å². The van der Waals surface area contributed by atoms with Gasteiger partial charge in [0, 0.05) is 18.8 Å². The fraction of sp³-hybridized carbons (Fsp3) is 0.538. The molecule has 0 unspecified atom stereocenters. The van der Waals surface area contributed by atoms with E-state index in [1.807, 2.05) is 0 Å². The summed E-state index contributed by atoms with van der Waals surface area (Å²) in [6.45, 7) is 8.89. The monoisotopic (exact) mass is 191 g/mol. The maximum atomic E-state index is 2.44. The summed E-state index contributed by atoms with van der Waals surface area (Å²) >= 11 is 0. The molecular weight excluding hydrogens is 170 g/mol. The normalized spacial score (nSPS) is 10.2. The van der Waals surface area contributed by atoms with Crippen LogP contribution in [0, 0.1) is 6.92 Å². The minimum Gasteiger partial charge on any atom is -0.372 e. The minimum atomic E-state index is 1.10. The van der Waals surface area contributed by atoms with Crippen LogP contribution in [0.1, 0.15) is 32.3 Å². The Bertz CT molecular complexity index is 268. The Balaban J connectivity index is 2.68. The summed E-state index contributed by atoms with van der Waals surface area (Å²) in [4.78, 5) is 2.44. The third-order valence-electron chi connectivity index (χ3n) is 2.53. The summed E-state index contributed by atoms with van der Waals surface area (Å²) < 4.78 is 0. The highest BCUT2D eigenvalue weighted by molar-refractivity contribution is 5.48. The molecule has 0 saturated carbocycles. The van der Waals surface area contributed by atoms with Gasteiger partial charge in [-0.05, 0) is 38.0 Å². The second kappa shape index (κ2) is 5.69. The number of hydrogen-bond donors (Lipinski definition) is 0. The van der Waals surface area contributed by atoms with Gasteiger partial charge in [-0.15, -0.1) is 0 Å². The Morgan fingerprint density at radius 3 is 2.57 bits per heavy atom. The van der Waals surface area contributed by atoms with Gasteiger partial charge in [-0.1, -0.05) is 25.5 Å². The van der Waals surface area contributed by atoms with Crippen molar-refractivity contribution in [2.24, 2.45) is 0 Å². The lowest BCUT2D eigenvalue weighted by molar-refractivity contribution is 0.732. The van der Waals surface area contributed by atoms with Crippen LogP contribution >= 0.6 is 0 Å². The molecule has 0 radical (unpaired) electrons. The SMILES string of the molecule is CCCCN(CC)c1cccc(C)c1. The molecule has 0 aromatic heterocycles. The van der Waals surface area contributed by atoms with Crippen molar-refractivity contribution < 1.29 is 0 Å². The first kappa shape index (κ1) is 11.1. The van der Waals surface area contributed by atoms with Gasteiger partial charge in [-0.3, -0.25) is 0 Å². The first-order chi connectivity index (χ1) is 6.77. The predicted molar refractivity (Wildman–Crippen MR) is 64.0 cm³/mol. The molecule has 0 bridgehead atoms. The van der Waals surface area contributed by atoms with Gasteiger partial charge in [0.15, 0.2) is 0 Å². The van der Waals surface area contributed by atoms with E-state index in [1.54, 1.807) is 0 Å². The van der Waals surface area contributed by atoms with E-state index in [9.17, 15) is 0 Å². The molecule has 1 heteroatoms. The van der Waals surface area contributed by atoms with Crippen LogP contribution in [-0.2, 0) is 0 Å². The van der Waals surface area contributed by atoms with Crippen molar-refractivity contribution >= 4 is 5.69 Å². The van der Waals surface area contributed by atoms with E-state index < -0.39 is 0 Å². The Labute approximate surface area is 87.7 Å². The third kappa shape index (κ3) is 3.06. The van der Waals surface area contributed by atoms with Crippen molar-refractivity contribution in [2.45, 2.75) is 33.6 Å². The Kier molecular flexibility index (Phi) is 4.51. The summed E-state index contributed by atoms with van der Waals surface area (Å²) in [6.07, 6.45) is 2.55. The molecule has 1 nitrogen and oxygen atoms in total. The van der Waals surface area contributed by atoms with Gasteiger partial charge in [-0.25, -0.2) is 0 Å². The van der Waals surface area contributed by atoms with Gasteiger partial charge >= 0.3 is 0 Å². The van der Waals surface area contributed by atoms with Crippen molar-refractivity contribution in [3.05, 3.63) is 29.8 Å². The summed E-state index contributed by atoms with van der Waals surface area (Å²) in [5.41, 5.74) is 2.71. The molecule has 0 aliphatic carbocycles. The van der Waals surface area contributed by atoms with Crippen LogP contribution in [-0.4, -0.2) is 13.1 Å². The third-order valence-corrected chi connectivity index (χ3v) is 2.53. The van der Waals surface area contributed by atoms with Gasteiger partial charge in [0.2, 0.25) is 0 Å². The number of nitrogens with zero attached hydrogens (tertiary/aromatic N) is 1. The van der Waals surface area contributed by atoms with E-state index >= 15 is 0 Å². The molecule has 0 fully saturated rings. The van der Waals surface area contributed by atoms with Crippen LogP contribution in [0.4, 0.5) is 5.69 Å². The highest BCUT2D eigenvalue weighted by atomic mass is 15.1. The smallest absolute Gasteiger partial charge is 0.0368 e. The molecule has 0 aliphatic rings. The molecule has 0 saturated heterocycles. The molecule has 0 aliphatic heterocycles. The van der Waals surface area contributed by atoms with Gasteiger partial charge < -0.3 is 4.90 Å². The second-order valence-corrected chi connectivity index (χ2v) is 3.77. The fourth-order valence-corrected chi connectivity index (χ4v) is 1.64. The number of benzene rings is 1. The van der Waals surface area contributed by atoms with E-state index in [1.165, 1.54) is 30.6 Å². The first-order valence-corrected chi connectivity index (χ1v) is 5.59.